The molecule has 3 aliphatic rings. The van der Waals surface area contributed by atoms with Gasteiger partial charge in [-0.3, -0.25) is 0 Å². The summed E-state index contributed by atoms with van der Waals surface area (Å²) >= 11 is 6.34. The summed E-state index contributed by atoms with van der Waals surface area (Å²) in [6.45, 7) is 1.36. The van der Waals surface area contributed by atoms with E-state index in [0.29, 0.717) is 18.0 Å². The number of azo groups is 1. The van der Waals surface area contributed by atoms with Crippen LogP contribution in [0.1, 0.15) is 36.8 Å². The smallest absolute Gasteiger partial charge is 0.121 e. The second kappa shape index (κ2) is 8.24. The fourth-order valence-corrected chi connectivity index (χ4v) is 4.96. The number of allylic oxidation sites excluding steroid dienone is 1. The van der Waals surface area contributed by atoms with Crippen molar-refractivity contribution < 1.29 is 4.74 Å². The van der Waals surface area contributed by atoms with Gasteiger partial charge in [0.1, 0.15) is 5.75 Å². The van der Waals surface area contributed by atoms with Gasteiger partial charge in [0.15, 0.2) is 0 Å². The maximum atomic E-state index is 9.09. The Hall–Kier alpha value is -3.04. The molecule has 0 spiro atoms. The highest BCUT2D eigenvalue weighted by Gasteiger charge is 2.29. The second-order valence-corrected chi connectivity index (χ2v) is 8.81. The van der Waals surface area contributed by atoms with Crippen molar-refractivity contribution in [2.24, 2.45) is 16.1 Å². The van der Waals surface area contributed by atoms with Gasteiger partial charge in [0.25, 0.3) is 0 Å². The summed E-state index contributed by atoms with van der Waals surface area (Å²) in [5.41, 5.74) is 4.07. The number of nitriles is 1. The van der Waals surface area contributed by atoms with E-state index < -0.39 is 0 Å². The highest BCUT2D eigenvalue weighted by molar-refractivity contribution is 6.34. The van der Waals surface area contributed by atoms with E-state index in [0.717, 1.165) is 59.4 Å². The lowest BCUT2D eigenvalue weighted by Crippen LogP contribution is -2.28. The zero-order valence-electron chi connectivity index (χ0n) is 17.4. The molecule has 5 rings (SSSR count). The monoisotopic (exact) mass is 433 g/mol. The van der Waals surface area contributed by atoms with E-state index in [2.05, 4.69) is 33.2 Å². The number of hydrogen-bond acceptors (Lipinski definition) is 5. The van der Waals surface area contributed by atoms with Crippen LogP contribution in [0.4, 0.5) is 5.69 Å². The van der Waals surface area contributed by atoms with E-state index in [1.165, 1.54) is 11.3 Å². The normalized spacial score (nSPS) is 22.5. The zero-order valence-corrected chi connectivity index (χ0v) is 18.2. The Kier molecular flexibility index (Phi) is 5.29. The van der Waals surface area contributed by atoms with Gasteiger partial charge in [0, 0.05) is 30.1 Å². The van der Waals surface area contributed by atoms with Crippen LogP contribution in [-0.2, 0) is 6.54 Å². The first-order valence-electron chi connectivity index (χ1n) is 10.7. The minimum absolute atomic E-state index is 0.162. The lowest BCUT2D eigenvalue weighted by atomic mass is 9.84. The predicted molar refractivity (Wildman–Crippen MR) is 121 cm³/mol. The summed E-state index contributed by atoms with van der Waals surface area (Å²) in [5.74, 6) is 1.12. The fourth-order valence-electron chi connectivity index (χ4n) is 4.78. The largest absolute Gasteiger partial charge is 0.490 e. The number of aromatic nitrogens is 1. The van der Waals surface area contributed by atoms with Gasteiger partial charge in [-0.2, -0.15) is 15.5 Å². The zero-order chi connectivity index (χ0) is 21.4. The number of likely N-dealkylation sites (N-methyl/N-ethyl adjacent to an activating group) is 1. The quantitative estimate of drug-likeness (QED) is 0.796. The van der Waals surface area contributed by atoms with Crippen LogP contribution in [0.2, 0.25) is 0 Å². The molecule has 7 heteroatoms. The van der Waals surface area contributed by atoms with Crippen LogP contribution < -0.4 is 20.3 Å². The summed E-state index contributed by atoms with van der Waals surface area (Å²) in [6, 6.07) is 9.55. The van der Waals surface area contributed by atoms with Crippen LogP contribution in [-0.4, -0.2) is 24.7 Å². The number of hydrogen-bond donors (Lipinski definition) is 1. The molecule has 0 saturated heterocycles. The molecule has 1 aliphatic carbocycles. The van der Waals surface area contributed by atoms with Gasteiger partial charge >= 0.3 is 0 Å². The number of nitrogens with one attached hydrogen (secondary N) is 1. The van der Waals surface area contributed by atoms with Crippen molar-refractivity contribution in [3.63, 3.8) is 0 Å². The Balaban J connectivity index is 1.38. The molecule has 3 heterocycles. The fraction of sp³-hybridized carbons (Fsp3) is 0.375. The number of anilines is 1. The standard InChI is InChI=1S/C24H24ClN5O/c1-30-10-9-17(25)12-21-24(30)20-14-27-29-22(23(20)28-21)16-5-7-18(8-6-16)31-19-4-2-3-15(11-19)13-26/h2-4,9,11-12,16,18,28H,5-8,10,14H2,1H3. The van der Waals surface area contributed by atoms with Crippen molar-refractivity contribution >= 4 is 29.1 Å². The third kappa shape index (κ3) is 3.86. The van der Waals surface area contributed by atoms with E-state index in [4.69, 9.17) is 21.6 Å². The number of ether oxygens (including phenoxy) is 1. The van der Waals surface area contributed by atoms with Crippen molar-refractivity contribution in [3.05, 3.63) is 57.2 Å². The van der Waals surface area contributed by atoms with Crippen LogP contribution in [0.3, 0.4) is 0 Å². The van der Waals surface area contributed by atoms with Crippen molar-refractivity contribution in [2.75, 3.05) is 18.5 Å². The molecule has 0 radical (unpaired) electrons. The SMILES string of the molecule is CN1CC=C(Cl)C=c2[nH]c3c(c21)CN=NC=3C1CCC(Oc2cccc(C#N)c2)CC1. The first-order valence-corrected chi connectivity index (χ1v) is 11.1. The molecular weight excluding hydrogens is 410 g/mol. The maximum absolute atomic E-state index is 9.09. The highest BCUT2D eigenvalue weighted by Crippen LogP contribution is 2.34. The van der Waals surface area contributed by atoms with Crippen LogP contribution in [0.5, 0.6) is 5.75 Å². The molecule has 0 bridgehead atoms. The molecule has 1 aromatic carbocycles. The molecule has 0 amide bonds. The first kappa shape index (κ1) is 19.9. The molecule has 2 aliphatic heterocycles. The number of halogens is 1. The van der Waals surface area contributed by atoms with Gasteiger partial charge < -0.3 is 14.6 Å². The lowest BCUT2D eigenvalue weighted by molar-refractivity contribution is 0.142. The average molecular weight is 434 g/mol. The highest BCUT2D eigenvalue weighted by atomic mass is 35.5. The molecule has 0 atom stereocenters. The Morgan fingerprint density at radius 1 is 1.26 bits per heavy atom. The molecule has 1 fully saturated rings. The Morgan fingerprint density at radius 2 is 2.10 bits per heavy atom. The number of rotatable bonds is 3. The summed E-state index contributed by atoms with van der Waals surface area (Å²) in [7, 11) is 2.09. The molecule has 1 aromatic heterocycles. The van der Waals surface area contributed by atoms with E-state index >= 15 is 0 Å². The van der Waals surface area contributed by atoms with Gasteiger partial charge in [0.05, 0.1) is 46.4 Å². The third-order valence-electron chi connectivity index (χ3n) is 6.32. The summed E-state index contributed by atoms with van der Waals surface area (Å²) in [6.07, 6.45) is 8.09. The number of benzene rings is 1. The minimum Gasteiger partial charge on any atom is -0.490 e. The summed E-state index contributed by atoms with van der Waals surface area (Å²) in [5, 5.41) is 21.0. The molecule has 6 nitrogen and oxygen atoms in total. The van der Waals surface area contributed by atoms with E-state index in [9.17, 15) is 0 Å². The molecule has 31 heavy (non-hydrogen) atoms. The molecule has 1 saturated carbocycles. The lowest BCUT2D eigenvalue weighted by Gasteiger charge is -2.29. The van der Waals surface area contributed by atoms with Gasteiger partial charge in [-0.25, -0.2) is 0 Å². The maximum Gasteiger partial charge on any atom is 0.121 e. The van der Waals surface area contributed by atoms with Crippen LogP contribution in [0.25, 0.3) is 11.8 Å². The van der Waals surface area contributed by atoms with Gasteiger partial charge in [0.2, 0.25) is 0 Å². The summed E-state index contributed by atoms with van der Waals surface area (Å²) in [4.78, 5) is 5.81. The number of aromatic amines is 1. The van der Waals surface area contributed by atoms with Crippen LogP contribution in [0, 0.1) is 17.2 Å². The number of fused-ring (bicyclic) bond motifs is 3. The number of nitrogens with zero attached hydrogens (tertiary/aromatic N) is 4. The Morgan fingerprint density at radius 3 is 2.90 bits per heavy atom. The minimum atomic E-state index is 0.162. The Bertz CT molecular complexity index is 1230. The van der Waals surface area contributed by atoms with E-state index in [-0.39, 0.29) is 6.10 Å². The molecular formula is C24H24ClN5O. The first-order chi connectivity index (χ1) is 15.1. The van der Waals surface area contributed by atoms with Gasteiger partial charge in [-0.05, 0) is 56.0 Å². The Labute approximate surface area is 186 Å². The molecule has 0 unspecified atom stereocenters. The molecule has 2 aromatic rings. The van der Waals surface area contributed by atoms with Gasteiger partial charge in [-0.1, -0.05) is 17.7 Å². The van der Waals surface area contributed by atoms with E-state index in [1.54, 1.807) is 12.1 Å². The topological polar surface area (TPSA) is 76.8 Å². The van der Waals surface area contributed by atoms with Crippen molar-refractivity contribution in [1.29, 1.82) is 5.26 Å². The average Bonchev–Trinajstić information content (AvgIpc) is 3.09. The van der Waals surface area contributed by atoms with Crippen LogP contribution >= 0.6 is 11.6 Å². The molecule has 1 N–H and O–H groups in total. The van der Waals surface area contributed by atoms with Crippen molar-refractivity contribution in [1.82, 2.24) is 4.98 Å². The van der Waals surface area contributed by atoms with E-state index in [1.807, 2.05) is 24.3 Å². The predicted octanol–water partition coefficient (Wildman–Crippen LogP) is 3.95. The van der Waals surface area contributed by atoms with Crippen molar-refractivity contribution in [3.8, 4) is 11.8 Å². The molecule has 158 valence electrons. The van der Waals surface area contributed by atoms with Crippen LogP contribution in [0.15, 0.2) is 45.6 Å². The summed E-state index contributed by atoms with van der Waals surface area (Å²) < 4.78 is 6.15. The van der Waals surface area contributed by atoms with Gasteiger partial charge in [-0.15, -0.1) is 0 Å². The van der Waals surface area contributed by atoms with Crippen molar-refractivity contribution in [2.45, 2.75) is 38.3 Å². The third-order valence-corrected chi connectivity index (χ3v) is 6.58. The second-order valence-electron chi connectivity index (χ2n) is 8.37. The number of H-pyrrole nitrogens is 1.